The lowest BCUT2D eigenvalue weighted by molar-refractivity contribution is -0.188. The normalized spacial score (nSPS) is 14.6. The van der Waals surface area contributed by atoms with Crippen molar-refractivity contribution >= 4 is 23.9 Å². The Kier molecular flexibility index (Phi) is 25.6. The summed E-state index contributed by atoms with van der Waals surface area (Å²) in [6, 6.07) is 15.5. The number of hydrogen-bond acceptors (Lipinski definition) is 9. The second kappa shape index (κ2) is 29.3. The van der Waals surface area contributed by atoms with Crippen molar-refractivity contribution in [1.29, 1.82) is 5.26 Å². The predicted molar refractivity (Wildman–Crippen MR) is 267 cm³/mol. The number of unbranched alkanes of at least 4 members (excludes halogenated alkanes) is 6. The van der Waals surface area contributed by atoms with Crippen molar-refractivity contribution < 1.29 is 38.1 Å². The van der Waals surface area contributed by atoms with Crippen LogP contribution >= 0.6 is 0 Å². The van der Waals surface area contributed by atoms with Gasteiger partial charge < -0.3 is 18.9 Å². The molecule has 0 saturated carbocycles. The highest BCUT2D eigenvalue weighted by Crippen LogP contribution is 2.61. The second-order valence-corrected chi connectivity index (χ2v) is 19.9. The lowest BCUT2D eigenvalue weighted by Gasteiger charge is -2.56. The average Bonchev–Trinajstić information content (AvgIpc) is 3.28. The first-order chi connectivity index (χ1) is 31.4. The zero-order chi connectivity index (χ0) is 49.3. The highest BCUT2D eigenvalue weighted by molar-refractivity contribution is 5.92. The number of allylic oxidation sites excluding steroid dienone is 2. The molecule has 0 aromatic heterocycles. The molecule has 0 heterocycles. The van der Waals surface area contributed by atoms with Gasteiger partial charge in [0.1, 0.15) is 0 Å². The highest BCUT2D eigenvalue weighted by Gasteiger charge is 2.60. The fourth-order valence-corrected chi connectivity index (χ4v) is 9.83. The molecule has 0 bridgehead atoms. The molecule has 2 rings (SSSR count). The van der Waals surface area contributed by atoms with Gasteiger partial charge in [-0.05, 0) is 144 Å². The monoisotopic (exact) mass is 914 g/mol. The van der Waals surface area contributed by atoms with Crippen LogP contribution in [0.15, 0.2) is 54.6 Å². The summed E-state index contributed by atoms with van der Waals surface area (Å²) in [5.41, 5.74) is 2.19. The number of rotatable bonds is 32. The molecule has 0 N–H and O–H groups in total. The molecule has 9 nitrogen and oxygen atoms in total. The number of hydrogen-bond donors (Lipinski definition) is 0. The van der Waals surface area contributed by atoms with Crippen LogP contribution in [0.3, 0.4) is 0 Å². The van der Waals surface area contributed by atoms with Gasteiger partial charge in [0.2, 0.25) is 0 Å². The van der Waals surface area contributed by atoms with Gasteiger partial charge in [0, 0.05) is 6.42 Å². The summed E-state index contributed by atoms with van der Waals surface area (Å²) in [4.78, 5) is 56.5. The first-order valence-corrected chi connectivity index (χ1v) is 25.4. The summed E-state index contributed by atoms with van der Waals surface area (Å²) in [5.74, 6) is -3.05. The molecule has 0 fully saturated rings. The Hall–Kier alpha value is -4.45. The van der Waals surface area contributed by atoms with Crippen molar-refractivity contribution in [3.05, 3.63) is 71.3 Å². The van der Waals surface area contributed by atoms with Crippen LogP contribution in [0.25, 0.3) is 11.1 Å². The topological polar surface area (TPSA) is 129 Å². The minimum absolute atomic E-state index is 0.164. The average molecular weight is 914 g/mol. The molecule has 0 radical (unpaired) electrons. The van der Waals surface area contributed by atoms with Gasteiger partial charge >= 0.3 is 23.9 Å². The van der Waals surface area contributed by atoms with Crippen molar-refractivity contribution in [3.8, 4) is 17.2 Å². The summed E-state index contributed by atoms with van der Waals surface area (Å²) in [6.07, 6.45) is 16.3. The number of nitriles is 1. The molecule has 0 saturated heterocycles. The molecule has 368 valence electrons. The van der Waals surface area contributed by atoms with E-state index in [0.29, 0.717) is 49.7 Å². The lowest BCUT2D eigenvalue weighted by atomic mass is 9.47. The van der Waals surface area contributed by atoms with E-state index in [4.69, 9.17) is 18.9 Å². The second-order valence-electron chi connectivity index (χ2n) is 19.9. The van der Waals surface area contributed by atoms with E-state index in [0.717, 1.165) is 80.9 Å². The zero-order valence-corrected chi connectivity index (χ0v) is 43.2. The quantitative estimate of drug-likeness (QED) is 0.0305. The lowest BCUT2D eigenvalue weighted by Crippen LogP contribution is -2.56. The maximum absolute atomic E-state index is 14.9. The largest absolute Gasteiger partial charge is 0.466 e. The molecule has 9 heteroatoms. The Bertz CT molecular complexity index is 1860. The molecule has 0 amide bonds. The molecule has 2 aromatic carbocycles. The van der Waals surface area contributed by atoms with Gasteiger partial charge in [-0.25, -0.2) is 4.79 Å². The Morgan fingerprint density at radius 3 is 1.82 bits per heavy atom. The minimum Gasteiger partial charge on any atom is -0.466 e. The molecule has 0 aliphatic heterocycles. The van der Waals surface area contributed by atoms with Crippen LogP contribution in [0.1, 0.15) is 207 Å². The smallest absolute Gasteiger partial charge is 0.338 e. The number of ether oxygens (including phenoxy) is 4. The van der Waals surface area contributed by atoms with Crippen LogP contribution in [0.4, 0.5) is 0 Å². The van der Waals surface area contributed by atoms with E-state index >= 15 is 0 Å². The van der Waals surface area contributed by atoms with Gasteiger partial charge in [0.15, 0.2) is 0 Å². The van der Waals surface area contributed by atoms with Crippen LogP contribution in [-0.2, 0) is 39.8 Å². The van der Waals surface area contributed by atoms with Crippen molar-refractivity contribution in [1.82, 2.24) is 0 Å². The van der Waals surface area contributed by atoms with Crippen molar-refractivity contribution in [2.45, 2.75) is 204 Å². The molecular weight excluding hydrogens is 827 g/mol. The van der Waals surface area contributed by atoms with Crippen molar-refractivity contribution in [2.24, 2.45) is 28.1 Å². The van der Waals surface area contributed by atoms with Gasteiger partial charge in [0.25, 0.3) is 0 Å². The fraction of sp³-hybridized carbons (Fsp3) is 0.667. The third kappa shape index (κ3) is 17.3. The summed E-state index contributed by atoms with van der Waals surface area (Å²) in [6.45, 7) is 24.7. The van der Waals surface area contributed by atoms with E-state index in [1.54, 1.807) is 12.1 Å². The molecule has 0 aliphatic rings. The van der Waals surface area contributed by atoms with Crippen LogP contribution in [0.5, 0.6) is 0 Å². The van der Waals surface area contributed by atoms with E-state index < -0.39 is 28.1 Å². The summed E-state index contributed by atoms with van der Waals surface area (Å²) in [7, 11) is 0. The van der Waals surface area contributed by atoms with Crippen LogP contribution in [0.2, 0.25) is 0 Å². The maximum atomic E-state index is 14.9. The number of nitrogens with zero attached hydrogens (tertiary/aromatic N) is 1. The zero-order valence-electron chi connectivity index (χ0n) is 43.2. The van der Waals surface area contributed by atoms with Gasteiger partial charge in [-0.3, -0.25) is 14.4 Å². The number of aryl methyl sites for hydroxylation is 1. The van der Waals surface area contributed by atoms with Gasteiger partial charge in [-0.2, -0.15) is 5.26 Å². The fourth-order valence-electron chi connectivity index (χ4n) is 9.83. The van der Waals surface area contributed by atoms with E-state index in [1.165, 1.54) is 0 Å². The molecule has 4 unspecified atom stereocenters. The number of benzene rings is 2. The molecule has 66 heavy (non-hydrogen) atoms. The third-order valence-corrected chi connectivity index (χ3v) is 13.6. The van der Waals surface area contributed by atoms with Crippen molar-refractivity contribution in [2.75, 3.05) is 13.2 Å². The summed E-state index contributed by atoms with van der Waals surface area (Å²) >= 11 is 0. The number of carbonyl (C=O) groups excluding carboxylic acids is 4. The van der Waals surface area contributed by atoms with Crippen LogP contribution in [-0.4, -0.2) is 49.3 Å². The van der Waals surface area contributed by atoms with E-state index in [2.05, 4.69) is 66.7 Å². The Balaban J connectivity index is 2.31. The van der Waals surface area contributed by atoms with Crippen LogP contribution in [0, 0.1) is 39.4 Å². The third-order valence-electron chi connectivity index (χ3n) is 13.6. The molecule has 4 atom stereocenters. The summed E-state index contributed by atoms with van der Waals surface area (Å²) in [5, 5.41) is 9.23. The minimum atomic E-state index is -0.818. The Morgan fingerprint density at radius 2 is 1.26 bits per heavy atom. The molecule has 0 spiro atoms. The first kappa shape index (κ1) is 57.7. The van der Waals surface area contributed by atoms with Gasteiger partial charge in [0.05, 0.1) is 54.5 Å². The van der Waals surface area contributed by atoms with E-state index in [9.17, 15) is 24.4 Å². The van der Waals surface area contributed by atoms with Gasteiger partial charge in [-0.15, -0.1) is 0 Å². The summed E-state index contributed by atoms with van der Waals surface area (Å²) < 4.78 is 23.8. The van der Waals surface area contributed by atoms with Gasteiger partial charge in [-0.1, -0.05) is 130 Å². The first-order valence-electron chi connectivity index (χ1n) is 25.4. The standard InChI is InChI=1S/C57H87NO8/c1-13-18-22-23-26-47-40-46(45-29-27-44(41-58)28-30-45)31-32-48(47)52(60)64-39-25-24-38-63-49(59)33-37-56(12,35-20-15-3)57(17-5,36-21-16-4)51(54(62)66-43(8)9)50(53(61)65-42(6)7)55(10,11)34-19-14-2/h14,19,27-32,40,42-43,50-51H,13,15-18,20-26,33-39H2,1-12H3/b19-14-. The number of carbonyl (C=O) groups is 4. The highest BCUT2D eigenvalue weighted by atomic mass is 16.6. The van der Waals surface area contributed by atoms with E-state index in [-0.39, 0.29) is 55.7 Å². The Morgan fingerprint density at radius 1 is 0.682 bits per heavy atom. The molecule has 0 aliphatic carbocycles. The predicted octanol–water partition coefficient (Wildman–Crippen LogP) is 14.5. The van der Waals surface area contributed by atoms with Crippen molar-refractivity contribution in [3.63, 3.8) is 0 Å². The Labute approximate surface area is 400 Å². The molecule has 2 aromatic rings. The molecular formula is C57H87NO8. The van der Waals surface area contributed by atoms with Crippen LogP contribution < -0.4 is 0 Å². The number of esters is 4. The van der Waals surface area contributed by atoms with E-state index in [1.807, 2.05) is 65.0 Å². The maximum Gasteiger partial charge on any atom is 0.338 e. The SMILES string of the molecule is C/C=C\CC(C)(C)C(C(=O)OC(C)C)C(C(=O)OC(C)C)C(CC)(CCCC)C(C)(CCCC)CCC(=O)OCCCCOC(=O)c1ccc(-c2ccc(C#N)cc2)cc1CCCCCC.